The summed E-state index contributed by atoms with van der Waals surface area (Å²) in [6.45, 7) is 9.04. The summed E-state index contributed by atoms with van der Waals surface area (Å²) in [5.41, 5.74) is 1.79. The number of nitrogens with one attached hydrogen (secondary N) is 1. The number of nitrogens with zero attached hydrogens (tertiary/aromatic N) is 2. The molecule has 1 heterocycles. The van der Waals surface area contributed by atoms with Gasteiger partial charge in [-0.25, -0.2) is 0 Å². The quantitative estimate of drug-likeness (QED) is 0.808. The van der Waals surface area contributed by atoms with Gasteiger partial charge in [0, 0.05) is 12.7 Å². The number of hydrogen-bond acceptors (Lipinski definition) is 2. The van der Waals surface area contributed by atoms with Gasteiger partial charge in [0.15, 0.2) is 0 Å². The molecule has 1 fully saturated rings. The molecule has 0 spiro atoms. The van der Waals surface area contributed by atoms with Crippen LogP contribution < -0.4 is 5.32 Å². The minimum Gasteiger partial charge on any atom is -0.308 e. The fourth-order valence-electron chi connectivity index (χ4n) is 3.45. The van der Waals surface area contributed by atoms with Crippen molar-refractivity contribution in [2.75, 3.05) is 6.54 Å². The summed E-state index contributed by atoms with van der Waals surface area (Å²) in [5.74, 6) is 0. The fraction of sp³-hybridized carbons (Fsp3) is 0.812. The van der Waals surface area contributed by atoms with Crippen molar-refractivity contribution in [3.05, 3.63) is 18.0 Å². The molecule has 1 aliphatic carbocycles. The van der Waals surface area contributed by atoms with Crippen LogP contribution in [0, 0.1) is 5.41 Å². The van der Waals surface area contributed by atoms with Crippen LogP contribution in [0.1, 0.15) is 71.0 Å². The molecule has 1 aliphatic rings. The van der Waals surface area contributed by atoms with Gasteiger partial charge < -0.3 is 5.32 Å². The van der Waals surface area contributed by atoms with Crippen LogP contribution in [-0.2, 0) is 6.54 Å². The Hall–Kier alpha value is -0.830. The summed E-state index contributed by atoms with van der Waals surface area (Å²) >= 11 is 0. The van der Waals surface area contributed by atoms with E-state index < -0.39 is 0 Å². The van der Waals surface area contributed by atoms with E-state index in [2.05, 4.69) is 41.9 Å². The van der Waals surface area contributed by atoms with E-state index in [1.807, 2.05) is 6.20 Å². The van der Waals surface area contributed by atoms with E-state index in [0.29, 0.717) is 11.5 Å². The Morgan fingerprint density at radius 1 is 1.32 bits per heavy atom. The Morgan fingerprint density at radius 2 is 2.05 bits per heavy atom. The molecule has 1 saturated carbocycles. The third-order valence-electron chi connectivity index (χ3n) is 4.52. The molecule has 0 bridgehead atoms. The largest absolute Gasteiger partial charge is 0.308 e. The number of aromatic nitrogens is 2. The molecule has 108 valence electrons. The maximum Gasteiger partial charge on any atom is 0.0559 e. The first-order valence-electron chi connectivity index (χ1n) is 7.96. The molecule has 0 aromatic carbocycles. The zero-order valence-corrected chi connectivity index (χ0v) is 12.8. The average molecular weight is 263 g/mol. The molecule has 1 N–H and O–H groups in total. The van der Waals surface area contributed by atoms with Crippen molar-refractivity contribution < 1.29 is 0 Å². The van der Waals surface area contributed by atoms with Crippen LogP contribution in [0.15, 0.2) is 12.3 Å². The molecule has 1 aromatic heterocycles. The van der Waals surface area contributed by atoms with Crippen LogP contribution in [0.3, 0.4) is 0 Å². The van der Waals surface area contributed by atoms with Gasteiger partial charge in [-0.05, 0) is 43.7 Å². The summed E-state index contributed by atoms with van der Waals surface area (Å²) in [6.07, 6.45) is 9.73. The highest BCUT2D eigenvalue weighted by Gasteiger charge is 2.38. The SMILES string of the molecule is CCCNC(c1ccnn1CCC)C1(C)CCCC1. The standard InChI is InChI=1S/C16H29N3/c1-4-11-17-15(16(3)9-6-7-10-16)14-8-12-18-19(14)13-5-2/h8,12,15,17H,4-7,9-11,13H2,1-3H3. The Kier molecular flexibility index (Phi) is 5.03. The van der Waals surface area contributed by atoms with E-state index in [-0.39, 0.29) is 0 Å². The topological polar surface area (TPSA) is 29.9 Å². The molecule has 0 saturated heterocycles. The first-order valence-corrected chi connectivity index (χ1v) is 7.96. The summed E-state index contributed by atoms with van der Waals surface area (Å²) in [6, 6.07) is 2.68. The smallest absolute Gasteiger partial charge is 0.0559 e. The van der Waals surface area contributed by atoms with Gasteiger partial charge in [-0.1, -0.05) is 33.6 Å². The van der Waals surface area contributed by atoms with E-state index in [0.717, 1.165) is 19.5 Å². The number of rotatable bonds is 7. The van der Waals surface area contributed by atoms with Crippen LogP contribution in [0.4, 0.5) is 0 Å². The second-order valence-corrected chi connectivity index (χ2v) is 6.23. The molecule has 1 unspecified atom stereocenters. The lowest BCUT2D eigenvalue weighted by Crippen LogP contribution is -2.36. The second-order valence-electron chi connectivity index (χ2n) is 6.23. The second kappa shape index (κ2) is 6.56. The first kappa shape index (κ1) is 14.6. The summed E-state index contributed by atoms with van der Waals surface area (Å²) in [5, 5.41) is 8.31. The van der Waals surface area contributed by atoms with Gasteiger partial charge in [-0.3, -0.25) is 4.68 Å². The highest BCUT2D eigenvalue weighted by Crippen LogP contribution is 2.47. The van der Waals surface area contributed by atoms with Crippen LogP contribution in [0.2, 0.25) is 0 Å². The lowest BCUT2D eigenvalue weighted by atomic mass is 9.79. The molecule has 0 aliphatic heterocycles. The van der Waals surface area contributed by atoms with Gasteiger partial charge in [0.05, 0.1) is 11.7 Å². The predicted molar refractivity (Wildman–Crippen MR) is 80.1 cm³/mol. The molecule has 3 nitrogen and oxygen atoms in total. The van der Waals surface area contributed by atoms with Gasteiger partial charge in [-0.15, -0.1) is 0 Å². The van der Waals surface area contributed by atoms with Gasteiger partial charge in [0.1, 0.15) is 0 Å². The van der Waals surface area contributed by atoms with Crippen molar-refractivity contribution >= 4 is 0 Å². The summed E-state index contributed by atoms with van der Waals surface area (Å²) in [4.78, 5) is 0. The molecular formula is C16H29N3. The summed E-state index contributed by atoms with van der Waals surface area (Å²) < 4.78 is 2.21. The first-order chi connectivity index (χ1) is 9.21. The Bertz CT molecular complexity index is 377. The molecular weight excluding hydrogens is 234 g/mol. The Morgan fingerprint density at radius 3 is 2.68 bits per heavy atom. The highest BCUT2D eigenvalue weighted by molar-refractivity contribution is 5.12. The van der Waals surface area contributed by atoms with Crippen molar-refractivity contribution in [3.8, 4) is 0 Å². The van der Waals surface area contributed by atoms with Gasteiger partial charge in [0.2, 0.25) is 0 Å². The normalized spacial score (nSPS) is 19.7. The minimum atomic E-state index is 0.403. The van der Waals surface area contributed by atoms with Crippen LogP contribution in [0.5, 0.6) is 0 Å². The number of hydrogen-bond donors (Lipinski definition) is 1. The van der Waals surface area contributed by atoms with Crippen molar-refractivity contribution in [3.63, 3.8) is 0 Å². The minimum absolute atomic E-state index is 0.403. The molecule has 19 heavy (non-hydrogen) atoms. The molecule has 0 amide bonds. The Balaban J connectivity index is 2.23. The maximum absolute atomic E-state index is 4.51. The van der Waals surface area contributed by atoms with E-state index in [4.69, 9.17) is 0 Å². The molecule has 0 radical (unpaired) electrons. The maximum atomic E-state index is 4.51. The van der Waals surface area contributed by atoms with Crippen molar-refractivity contribution in [1.29, 1.82) is 0 Å². The molecule has 3 heteroatoms. The third kappa shape index (κ3) is 3.19. The number of aryl methyl sites for hydroxylation is 1. The Labute approximate surface area is 117 Å². The van der Waals surface area contributed by atoms with Gasteiger partial charge in [0.25, 0.3) is 0 Å². The highest BCUT2D eigenvalue weighted by atomic mass is 15.3. The molecule has 2 rings (SSSR count). The van der Waals surface area contributed by atoms with Crippen molar-refractivity contribution in [2.24, 2.45) is 5.41 Å². The van der Waals surface area contributed by atoms with Crippen LogP contribution in [0.25, 0.3) is 0 Å². The molecule has 1 aromatic rings. The van der Waals surface area contributed by atoms with Gasteiger partial charge in [-0.2, -0.15) is 5.10 Å². The van der Waals surface area contributed by atoms with E-state index in [9.17, 15) is 0 Å². The third-order valence-corrected chi connectivity index (χ3v) is 4.52. The fourth-order valence-corrected chi connectivity index (χ4v) is 3.45. The van der Waals surface area contributed by atoms with E-state index >= 15 is 0 Å². The monoisotopic (exact) mass is 263 g/mol. The average Bonchev–Trinajstić information content (AvgIpc) is 3.01. The van der Waals surface area contributed by atoms with Crippen molar-refractivity contribution in [2.45, 2.75) is 71.9 Å². The zero-order chi connectivity index (χ0) is 13.7. The van der Waals surface area contributed by atoms with E-state index in [1.165, 1.54) is 37.8 Å². The van der Waals surface area contributed by atoms with Gasteiger partial charge >= 0.3 is 0 Å². The van der Waals surface area contributed by atoms with Crippen LogP contribution in [-0.4, -0.2) is 16.3 Å². The zero-order valence-electron chi connectivity index (χ0n) is 12.8. The van der Waals surface area contributed by atoms with Crippen LogP contribution >= 0.6 is 0 Å². The van der Waals surface area contributed by atoms with Crippen molar-refractivity contribution in [1.82, 2.24) is 15.1 Å². The predicted octanol–water partition coefficient (Wildman–Crippen LogP) is 3.91. The lowest BCUT2D eigenvalue weighted by Gasteiger charge is -2.35. The van der Waals surface area contributed by atoms with E-state index in [1.54, 1.807) is 0 Å². The lowest BCUT2D eigenvalue weighted by molar-refractivity contribution is 0.212. The molecule has 1 atom stereocenters. The summed E-state index contributed by atoms with van der Waals surface area (Å²) in [7, 11) is 0.